The number of para-hydroxylation sites is 1. The summed E-state index contributed by atoms with van der Waals surface area (Å²) in [5, 5.41) is 16.1. The average molecular weight is 424 g/mol. The van der Waals surface area contributed by atoms with E-state index in [9.17, 15) is 4.79 Å². The van der Waals surface area contributed by atoms with Gasteiger partial charge in [-0.15, -0.1) is 0 Å². The average Bonchev–Trinajstić information content (AvgIpc) is 2.79. The summed E-state index contributed by atoms with van der Waals surface area (Å²) in [5.74, 6) is -0.302. The lowest BCUT2D eigenvalue weighted by Gasteiger charge is -2.13. The summed E-state index contributed by atoms with van der Waals surface area (Å²) in [6.07, 6.45) is -0.0724. The fraction of sp³-hybridized carbons (Fsp3) is 0.240. The fourth-order valence-corrected chi connectivity index (χ4v) is 3.26. The number of aliphatic carboxylic acids is 1. The Balaban J connectivity index is 0.00000166. The lowest BCUT2D eigenvalue weighted by Crippen LogP contribution is -2.04. The first kappa shape index (κ1) is 24.1. The molecule has 0 atom stereocenters. The molecule has 0 unspecified atom stereocenters. The summed E-state index contributed by atoms with van der Waals surface area (Å²) in [5.41, 5.74) is 11.7. The van der Waals surface area contributed by atoms with Gasteiger partial charge in [0.1, 0.15) is 12.4 Å². The maximum atomic E-state index is 11.1. The van der Waals surface area contributed by atoms with Crippen LogP contribution in [0.2, 0.25) is 0 Å². The minimum absolute atomic E-state index is 0.0724. The maximum Gasteiger partial charge on any atom is 0.307 e. The predicted octanol–water partition coefficient (Wildman–Crippen LogP) is 3.77. The maximum absolute atomic E-state index is 11.1. The van der Waals surface area contributed by atoms with E-state index in [0.29, 0.717) is 31.1 Å². The predicted molar refractivity (Wildman–Crippen MR) is 121 cm³/mol. The van der Waals surface area contributed by atoms with Crippen molar-refractivity contribution in [2.24, 2.45) is 5.73 Å². The van der Waals surface area contributed by atoms with Crippen LogP contribution in [0, 0.1) is 0 Å². The van der Waals surface area contributed by atoms with Gasteiger partial charge in [-0.1, -0.05) is 42.5 Å². The molecule has 0 aliphatic rings. The number of carboxylic acids is 1. The molecule has 0 aromatic heterocycles. The van der Waals surface area contributed by atoms with Crippen LogP contribution in [0.15, 0.2) is 66.7 Å². The molecule has 6 heteroatoms. The van der Waals surface area contributed by atoms with Crippen LogP contribution >= 0.6 is 0 Å². The van der Waals surface area contributed by atoms with E-state index >= 15 is 0 Å². The van der Waals surface area contributed by atoms with Crippen molar-refractivity contribution >= 4 is 5.97 Å². The summed E-state index contributed by atoms with van der Waals surface area (Å²) in [7, 11) is 2.67. The van der Waals surface area contributed by atoms with E-state index in [1.807, 2.05) is 30.3 Å². The molecule has 0 aliphatic carbocycles. The van der Waals surface area contributed by atoms with Crippen molar-refractivity contribution in [3.8, 4) is 16.9 Å². The summed E-state index contributed by atoms with van der Waals surface area (Å²) in [4.78, 5) is 11.1. The van der Waals surface area contributed by atoms with Crippen molar-refractivity contribution in [2.75, 3.05) is 14.2 Å². The number of ether oxygens (including phenoxy) is 2. The summed E-state index contributed by atoms with van der Waals surface area (Å²) < 4.78 is 11.3. The topological polar surface area (TPSA) is 102 Å². The van der Waals surface area contributed by atoms with Gasteiger partial charge in [0.25, 0.3) is 0 Å². The number of methoxy groups -OCH3 is 1. The quantitative estimate of drug-likeness (QED) is 0.484. The van der Waals surface area contributed by atoms with E-state index in [1.165, 1.54) is 0 Å². The van der Waals surface area contributed by atoms with Crippen molar-refractivity contribution in [2.45, 2.75) is 26.2 Å². The number of aliphatic hydroxyl groups excluding tert-OH is 1. The highest BCUT2D eigenvalue weighted by atomic mass is 16.5. The summed E-state index contributed by atoms with van der Waals surface area (Å²) in [6, 6.07) is 21.6. The Morgan fingerprint density at radius 1 is 0.871 bits per heavy atom. The van der Waals surface area contributed by atoms with Gasteiger partial charge in [0.05, 0.1) is 13.0 Å². The third-order valence-electron chi connectivity index (χ3n) is 4.57. The zero-order valence-electron chi connectivity index (χ0n) is 17.9. The Hall–Kier alpha value is -3.19. The van der Waals surface area contributed by atoms with Crippen molar-refractivity contribution in [1.82, 2.24) is 0 Å². The van der Waals surface area contributed by atoms with Crippen LogP contribution in [-0.2, 0) is 35.7 Å². The molecule has 3 aromatic carbocycles. The van der Waals surface area contributed by atoms with Gasteiger partial charge in [-0.3, -0.25) is 4.79 Å². The van der Waals surface area contributed by atoms with Crippen molar-refractivity contribution in [1.29, 1.82) is 0 Å². The highest BCUT2D eigenvalue weighted by Crippen LogP contribution is 2.26. The zero-order chi connectivity index (χ0) is 22.6. The lowest BCUT2D eigenvalue weighted by molar-refractivity contribution is -0.136. The minimum Gasteiger partial charge on any atom is -0.489 e. The van der Waals surface area contributed by atoms with Gasteiger partial charge in [0, 0.05) is 26.3 Å². The normalized spacial score (nSPS) is 10.2. The van der Waals surface area contributed by atoms with Crippen LogP contribution in [0.3, 0.4) is 0 Å². The standard InChI is InChI=1S/C24H25NO4.CH4O/c1-28-15-18-9-19(12-22(11-18)20-7-4-5-17(10-20)14-25)16-29-23-8-3-2-6-21(23)13-24(26)27;1-2/h2-12H,13-16,25H2,1H3,(H,26,27);2H,1H3. The van der Waals surface area contributed by atoms with Crippen LogP contribution in [0.25, 0.3) is 11.1 Å². The third kappa shape index (κ3) is 7.22. The van der Waals surface area contributed by atoms with E-state index in [1.54, 1.807) is 19.2 Å². The third-order valence-corrected chi connectivity index (χ3v) is 4.57. The molecule has 6 nitrogen and oxygen atoms in total. The van der Waals surface area contributed by atoms with Crippen LogP contribution in [-0.4, -0.2) is 30.4 Å². The van der Waals surface area contributed by atoms with Gasteiger partial charge in [-0.05, 0) is 52.1 Å². The molecule has 3 aromatic rings. The first-order valence-corrected chi connectivity index (χ1v) is 9.87. The molecule has 0 aliphatic heterocycles. The van der Waals surface area contributed by atoms with Crippen LogP contribution in [0.4, 0.5) is 0 Å². The summed E-state index contributed by atoms with van der Waals surface area (Å²) >= 11 is 0. The zero-order valence-corrected chi connectivity index (χ0v) is 17.9. The van der Waals surface area contributed by atoms with Crippen molar-refractivity contribution in [3.63, 3.8) is 0 Å². The van der Waals surface area contributed by atoms with E-state index in [0.717, 1.165) is 34.9 Å². The highest BCUT2D eigenvalue weighted by molar-refractivity contribution is 5.71. The van der Waals surface area contributed by atoms with Gasteiger partial charge in [-0.25, -0.2) is 0 Å². The Morgan fingerprint density at radius 2 is 1.55 bits per heavy atom. The molecule has 3 rings (SSSR count). The Kier molecular flexibility index (Phi) is 9.71. The van der Waals surface area contributed by atoms with Crippen LogP contribution < -0.4 is 10.5 Å². The van der Waals surface area contributed by atoms with E-state index in [-0.39, 0.29) is 6.42 Å². The summed E-state index contributed by atoms with van der Waals surface area (Å²) in [6.45, 7) is 1.31. The molecule has 4 N–H and O–H groups in total. The van der Waals surface area contributed by atoms with Crippen LogP contribution in [0.5, 0.6) is 5.75 Å². The Bertz CT molecular complexity index is 987. The number of rotatable bonds is 9. The van der Waals surface area contributed by atoms with Crippen LogP contribution in [0.1, 0.15) is 22.3 Å². The number of aliphatic hydroxyl groups is 1. The van der Waals surface area contributed by atoms with Crippen molar-refractivity contribution < 1.29 is 24.5 Å². The van der Waals surface area contributed by atoms with E-state index in [4.69, 9.17) is 25.4 Å². The number of hydrogen-bond donors (Lipinski definition) is 3. The first-order chi connectivity index (χ1) is 15.1. The fourth-order valence-electron chi connectivity index (χ4n) is 3.26. The smallest absolute Gasteiger partial charge is 0.307 e. The monoisotopic (exact) mass is 423 g/mol. The van der Waals surface area contributed by atoms with Gasteiger partial charge in [-0.2, -0.15) is 0 Å². The number of benzene rings is 3. The van der Waals surface area contributed by atoms with Crippen molar-refractivity contribution in [3.05, 3.63) is 89.0 Å². The number of nitrogens with two attached hydrogens (primary N) is 1. The molecule has 0 amide bonds. The number of hydrogen-bond acceptors (Lipinski definition) is 5. The number of carboxylic acid groups (broad SMARTS) is 1. The highest BCUT2D eigenvalue weighted by Gasteiger charge is 2.09. The molecule has 0 heterocycles. The molecule has 31 heavy (non-hydrogen) atoms. The Labute approximate surface area is 182 Å². The minimum atomic E-state index is -0.884. The van der Waals surface area contributed by atoms with Gasteiger partial charge >= 0.3 is 5.97 Å². The molecule has 0 saturated heterocycles. The van der Waals surface area contributed by atoms with E-state index in [2.05, 4.69) is 24.3 Å². The molecule has 0 fully saturated rings. The number of carbonyl (C=O) groups is 1. The SMILES string of the molecule is CO.COCc1cc(COc2ccccc2CC(=O)O)cc(-c2cccc(CN)c2)c1. The van der Waals surface area contributed by atoms with Gasteiger partial charge in [0.15, 0.2) is 0 Å². The second-order valence-corrected chi connectivity index (χ2v) is 6.84. The van der Waals surface area contributed by atoms with Gasteiger partial charge in [0.2, 0.25) is 0 Å². The molecular weight excluding hydrogens is 394 g/mol. The molecule has 0 saturated carbocycles. The molecule has 0 bridgehead atoms. The van der Waals surface area contributed by atoms with Gasteiger partial charge < -0.3 is 25.4 Å². The first-order valence-electron chi connectivity index (χ1n) is 9.87. The second kappa shape index (κ2) is 12.5. The lowest BCUT2D eigenvalue weighted by atomic mass is 9.98. The molecule has 0 spiro atoms. The largest absolute Gasteiger partial charge is 0.489 e. The van der Waals surface area contributed by atoms with E-state index < -0.39 is 5.97 Å². The molecule has 0 radical (unpaired) electrons. The Morgan fingerprint density at radius 3 is 2.23 bits per heavy atom. The second-order valence-electron chi connectivity index (χ2n) is 6.84. The molecule has 164 valence electrons. The molecular formula is C25H29NO5.